The number of primary amides is 1. The van der Waals surface area contributed by atoms with Crippen LogP contribution in [0.4, 0.5) is 5.69 Å². The molecule has 25 heavy (non-hydrogen) atoms. The third kappa shape index (κ3) is 2.91. The van der Waals surface area contributed by atoms with E-state index in [1.807, 2.05) is 6.92 Å². The summed E-state index contributed by atoms with van der Waals surface area (Å²) >= 11 is 12.4. The number of benzene rings is 1. The van der Waals surface area contributed by atoms with E-state index in [9.17, 15) is 14.4 Å². The van der Waals surface area contributed by atoms with Gasteiger partial charge >= 0.3 is 11.1 Å². The van der Waals surface area contributed by atoms with Gasteiger partial charge in [0.1, 0.15) is 0 Å². The first-order chi connectivity index (χ1) is 11.9. The summed E-state index contributed by atoms with van der Waals surface area (Å²) in [6.45, 7) is 2.26. The molecule has 1 aliphatic rings. The summed E-state index contributed by atoms with van der Waals surface area (Å²) in [6.07, 6.45) is 2.22. The van der Waals surface area contributed by atoms with E-state index >= 15 is 0 Å². The highest BCUT2D eigenvalue weighted by Crippen LogP contribution is 2.40. The number of hydrogen-bond acceptors (Lipinski definition) is 4. The fraction of sp³-hybridized carbons (Fsp3) is 0.438. The molecule has 0 aliphatic carbocycles. The largest absolute Gasteiger partial charge is 0.380 e. The van der Waals surface area contributed by atoms with Crippen LogP contribution in [0, 0.1) is 5.92 Å². The zero-order valence-corrected chi connectivity index (χ0v) is 15.1. The zero-order valence-electron chi connectivity index (χ0n) is 13.6. The van der Waals surface area contributed by atoms with E-state index < -0.39 is 29.0 Å². The molecular formula is C16H18Cl2N4O3. The lowest BCUT2D eigenvalue weighted by atomic mass is 9.91. The SMILES string of the molecule is CCCCC(C(N)=O)C1CNc2c(Cl)c(Cl)cc3[nH]c(=O)c(=O)n1c23. The summed E-state index contributed by atoms with van der Waals surface area (Å²) in [5, 5.41) is 3.66. The van der Waals surface area contributed by atoms with Crippen LogP contribution in [0.25, 0.3) is 11.0 Å². The van der Waals surface area contributed by atoms with Crippen molar-refractivity contribution in [3.8, 4) is 0 Å². The number of unbranched alkanes of at least 4 members (excludes halogenated alkanes) is 1. The number of amides is 1. The lowest BCUT2D eigenvalue weighted by Gasteiger charge is -2.33. The van der Waals surface area contributed by atoms with Crippen molar-refractivity contribution in [1.82, 2.24) is 9.55 Å². The molecule has 0 bridgehead atoms. The number of carbonyl (C=O) groups is 1. The Labute approximate surface area is 153 Å². The molecule has 2 atom stereocenters. The lowest BCUT2D eigenvalue weighted by molar-refractivity contribution is -0.123. The summed E-state index contributed by atoms with van der Waals surface area (Å²) in [6, 6.07) is 0.932. The Morgan fingerprint density at radius 3 is 2.80 bits per heavy atom. The van der Waals surface area contributed by atoms with Gasteiger partial charge in [0.25, 0.3) is 0 Å². The van der Waals surface area contributed by atoms with Gasteiger partial charge in [-0.25, -0.2) is 0 Å². The van der Waals surface area contributed by atoms with Gasteiger partial charge in [-0.15, -0.1) is 0 Å². The molecule has 0 radical (unpaired) electrons. The number of nitrogens with one attached hydrogen (secondary N) is 2. The predicted octanol–water partition coefficient (Wildman–Crippen LogP) is 2.25. The number of rotatable bonds is 5. The van der Waals surface area contributed by atoms with Crippen LogP contribution in [0.5, 0.6) is 0 Å². The maximum Gasteiger partial charge on any atom is 0.317 e. The molecule has 1 aliphatic heterocycles. The molecule has 3 rings (SSSR count). The fourth-order valence-corrected chi connectivity index (χ4v) is 3.81. The Morgan fingerprint density at radius 1 is 1.44 bits per heavy atom. The van der Waals surface area contributed by atoms with Gasteiger partial charge in [-0.3, -0.25) is 19.0 Å². The molecule has 1 aromatic carbocycles. The quantitative estimate of drug-likeness (QED) is 0.686. The van der Waals surface area contributed by atoms with Gasteiger partial charge < -0.3 is 16.0 Å². The van der Waals surface area contributed by atoms with E-state index in [1.54, 1.807) is 0 Å². The Bertz CT molecular complexity index is 966. The second-order valence-electron chi connectivity index (χ2n) is 6.17. The maximum atomic E-state index is 12.6. The van der Waals surface area contributed by atoms with Crippen LogP contribution in [0.3, 0.4) is 0 Å². The minimum atomic E-state index is -0.776. The average molecular weight is 385 g/mol. The maximum absolute atomic E-state index is 12.6. The molecule has 2 heterocycles. The summed E-state index contributed by atoms with van der Waals surface area (Å²) in [5.74, 6) is -1.07. The van der Waals surface area contributed by atoms with Gasteiger partial charge in [0, 0.05) is 6.54 Å². The van der Waals surface area contributed by atoms with E-state index in [1.165, 1.54) is 10.6 Å². The van der Waals surface area contributed by atoms with Crippen molar-refractivity contribution in [2.75, 3.05) is 11.9 Å². The van der Waals surface area contributed by atoms with E-state index in [4.69, 9.17) is 28.9 Å². The van der Waals surface area contributed by atoms with Crippen LogP contribution in [0.1, 0.15) is 32.2 Å². The average Bonchev–Trinajstić information content (AvgIpc) is 2.57. The van der Waals surface area contributed by atoms with Crippen molar-refractivity contribution < 1.29 is 4.79 Å². The molecule has 4 N–H and O–H groups in total. The van der Waals surface area contributed by atoms with Gasteiger partial charge in [-0.1, -0.05) is 43.0 Å². The number of aromatic amines is 1. The number of hydrogen-bond donors (Lipinski definition) is 3. The highest BCUT2D eigenvalue weighted by atomic mass is 35.5. The number of halogens is 2. The Kier molecular flexibility index (Phi) is 4.79. The minimum Gasteiger partial charge on any atom is -0.380 e. The summed E-state index contributed by atoms with van der Waals surface area (Å²) in [4.78, 5) is 39.2. The second-order valence-corrected chi connectivity index (χ2v) is 6.96. The van der Waals surface area contributed by atoms with Crippen LogP contribution in [-0.4, -0.2) is 22.0 Å². The summed E-state index contributed by atoms with van der Waals surface area (Å²) in [7, 11) is 0. The molecule has 9 heteroatoms. The van der Waals surface area contributed by atoms with E-state index in [-0.39, 0.29) is 16.6 Å². The second kappa shape index (κ2) is 6.72. The Balaban J connectivity index is 2.30. The normalized spacial score (nSPS) is 17.3. The van der Waals surface area contributed by atoms with Gasteiger partial charge in [0.05, 0.1) is 38.7 Å². The molecule has 0 saturated heterocycles. The monoisotopic (exact) mass is 384 g/mol. The molecule has 2 unspecified atom stereocenters. The van der Waals surface area contributed by atoms with Crippen LogP contribution in [0.2, 0.25) is 10.0 Å². The number of aromatic nitrogens is 2. The van der Waals surface area contributed by atoms with Gasteiger partial charge in [0.2, 0.25) is 5.91 Å². The molecule has 0 fully saturated rings. The van der Waals surface area contributed by atoms with Crippen molar-refractivity contribution in [3.63, 3.8) is 0 Å². The van der Waals surface area contributed by atoms with Crippen molar-refractivity contribution in [2.45, 2.75) is 32.2 Å². The molecule has 2 aromatic rings. The molecule has 1 amide bonds. The number of anilines is 1. The zero-order chi connectivity index (χ0) is 18.3. The highest BCUT2D eigenvalue weighted by Gasteiger charge is 2.34. The van der Waals surface area contributed by atoms with Gasteiger partial charge in [-0.05, 0) is 12.5 Å². The van der Waals surface area contributed by atoms with E-state index in [0.29, 0.717) is 23.1 Å². The first-order valence-corrected chi connectivity index (χ1v) is 8.82. The number of carbonyl (C=O) groups excluding carboxylic acids is 1. The van der Waals surface area contributed by atoms with Gasteiger partial charge in [-0.2, -0.15) is 0 Å². The van der Waals surface area contributed by atoms with Crippen LogP contribution >= 0.6 is 23.2 Å². The topological polar surface area (TPSA) is 110 Å². The molecule has 1 aromatic heterocycles. The van der Waals surface area contributed by atoms with Crippen molar-refractivity contribution in [3.05, 3.63) is 36.8 Å². The number of H-pyrrole nitrogens is 1. The molecule has 7 nitrogen and oxygen atoms in total. The standard InChI is InChI=1S/C16H18Cl2N4O3/c1-2-3-4-7(14(19)23)10-6-20-12-11(18)8(17)5-9-13(12)22(10)16(25)15(24)21-9/h5,7,10,20H,2-4,6H2,1H3,(H2,19,23)(H,21,24). The number of nitrogens with zero attached hydrogens (tertiary/aromatic N) is 1. The molecule has 0 saturated carbocycles. The van der Waals surface area contributed by atoms with Crippen LogP contribution in [-0.2, 0) is 4.79 Å². The fourth-order valence-electron chi connectivity index (χ4n) is 3.39. The van der Waals surface area contributed by atoms with Crippen LogP contribution < -0.4 is 22.2 Å². The first-order valence-electron chi connectivity index (χ1n) is 8.06. The van der Waals surface area contributed by atoms with Crippen molar-refractivity contribution in [1.29, 1.82) is 0 Å². The van der Waals surface area contributed by atoms with E-state index in [2.05, 4.69) is 10.3 Å². The molecular weight excluding hydrogens is 367 g/mol. The molecule has 134 valence electrons. The predicted molar refractivity (Wildman–Crippen MR) is 98.6 cm³/mol. The van der Waals surface area contributed by atoms with Crippen LogP contribution in [0.15, 0.2) is 15.7 Å². The highest BCUT2D eigenvalue weighted by molar-refractivity contribution is 6.45. The summed E-state index contributed by atoms with van der Waals surface area (Å²) < 4.78 is 1.34. The molecule has 0 spiro atoms. The smallest absolute Gasteiger partial charge is 0.317 e. The Morgan fingerprint density at radius 2 is 2.16 bits per heavy atom. The third-order valence-electron chi connectivity index (χ3n) is 4.61. The summed E-state index contributed by atoms with van der Waals surface area (Å²) in [5.41, 5.74) is 5.35. The van der Waals surface area contributed by atoms with Crippen molar-refractivity contribution in [2.24, 2.45) is 11.7 Å². The first kappa shape index (κ1) is 17.8. The Hall–Kier alpha value is -1.99. The number of nitrogens with two attached hydrogens (primary N) is 1. The van der Waals surface area contributed by atoms with E-state index in [0.717, 1.165) is 12.8 Å². The third-order valence-corrected chi connectivity index (χ3v) is 5.40. The van der Waals surface area contributed by atoms with Gasteiger partial charge in [0.15, 0.2) is 0 Å². The lowest BCUT2D eigenvalue weighted by Crippen LogP contribution is -2.47. The minimum absolute atomic E-state index is 0.253. The van der Waals surface area contributed by atoms with Crippen molar-refractivity contribution >= 4 is 45.8 Å².